The predicted octanol–water partition coefficient (Wildman–Crippen LogP) is 3.79. The van der Waals surface area contributed by atoms with Crippen LogP contribution in [0.4, 0.5) is 0 Å². The Balaban J connectivity index is 2.26. The molecule has 0 radical (unpaired) electrons. The maximum atomic E-state index is 10.9. The summed E-state index contributed by atoms with van der Waals surface area (Å²) in [6.07, 6.45) is 10.2. The molecule has 0 saturated heterocycles. The van der Waals surface area contributed by atoms with Gasteiger partial charge in [0.2, 0.25) is 6.04 Å². The molecule has 0 N–H and O–H groups in total. The van der Waals surface area contributed by atoms with Crippen LogP contribution in [0.3, 0.4) is 0 Å². The second kappa shape index (κ2) is 6.81. The number of hydrogen-bond acceptors (Lipinski definition) is 2. The molecule has 3 nitrogen and oxygen atoms in total. The zero-order valence-corrected chi connectivity index (χ0v) is 9.78. The Kier molecular flexibility index (Phi) is 5.66. The molecular weight excluding hydrogens is 190 g/mol. The summed E-state index contributed by atoms with van der Waals surface area (Å²) in [6, 6.07) is -0.236. The van der Waals surface area contributed by atoms with Crippen LogP contribution < -0.4 is 0 Å². The van der Waals surface area contributed by atoms with E-state index in [9.17, 15) is 10.1 Å². The smallest absolute Gasteiger partial charge is 0.215 e. The SMILES string of the molecule is CCCCCCC1CCCCC1[N+](=O)[O-]. The predicted molar refractivity (Wildman–Crippen MR) is 61.5 cm³/mol. The summed E-state index contributed by atoms with van der Waals surface area (Å²) >= 11 is 0. The molecule has 2 unspecified atom stereocenters. The first-order valence-electron chi connectivity index (χ1n) is 6.39. The molecule has 0 amide bonds. The number of unbranched alkanes of at least 4 members (excludes halogenated alkanes) is 3. The third-order valence-corrected chi connectivity index (χ3v) is 3.57. The van der Waals surface area contributed by atoms with Crippen LogP contribution in [0.1, 0.15) is 64.7 Å². The molecule has 1 fully saturated rings. The van der Waals surface area contributed by atoms with E-state index >= 15 is 0 Å². The summed E-state index contributed by atoms with van der Waals surface area (Å²) in [4.78, 5) is 10.8. The molecular formula is C12H23NO2. The van der Waals surface area contributed by atoms with E-state index in [1.165, 1.54) is 32.1 Å². The minimum absolute atomic E-state index is 0.0380. The number of hydrogen-bond donors (Lipinski definition) is 0. The third kappa shape index (κ3) is 4.18. The fourth-order valence-corrected chi connectivity index (χ4v) is 2.64. The van der Waals surface area contributed by atoms with Gasteiger partial charge in [-0.25, -0.2) is 0 Å². The van der Waals surface area contributed by atoms with Crippen molar-refractivity contribution in [1.29, 1.82) is 0 Å². The standard InChI is InChI=1S/C12H23NO2/c1-2-3-4-5-8-11-9-6-7-10-12(11)13(14)15/h11-12H,2-10H2,1H3. The normalized spacial score (nSPS) is 26.5. The second-order valence-corrected chi connectivity index (χ2v) is 4.75. The molecule has 0 aliphatic heterocycles. The first-order valence-corrected chi connectivity index (χ1v) is 6.39. The molecule has 88 valence electrons. The number of nitrogens with zero attached hydrogens (tertiary/aromatic N) is 1. The van der Waals surface area contributed by atoms with Crippen molar-refractivity contribution in [3.05, 3.63) is 10.1 Å². The van der Waals surface area contributed by atoms with Crippen molar-refractivity contribution in [2.75, 3.05) is 0 Å². The van der Waals surface area contributed by atoms with Crippen LogP contribution in [0, 0.1) is 16.0 Å². The summed E-state index contributed by atoms with van der Waals surface area (Å²) in [6.45, 7) is 2.19. The lowest BCUT2D eigenvalue weighted by Crippen LogP contribution is -2.32. The van der Waals surface area contributed by atoms with E-state index in [4.69, 9.17) is 0 Å². The van der Waals surface area contributed by atoms with Gasteiger partial charge in [0, 0.05) is 17.3 Å². The second-order valence-electron chi connectivity index (χ2n) is 4.75. The van der Waals surface area contributed by atoms with Crippen molar-refractivity contribution >= 4 is 0 Å². The maximum absolute atomic E-state index is 10.9. The monoisotopic (exact) mass is 213 g/mol. The summed E-state index contributed by atoms with van der Waals surface area (Å²) in [5.41, 5.74) is 0. The summed E-state index contributed by atoms with van der Waals surface area (Å²) in [5.74, 6) is 0.366. The van der Waals surface area contributed by atoms with E-state index in [1.807, 2.05) is 0 Å². The Hall–Kier alpha value is -0.600. The van der Waals surface area contributed by atoms with E-state index in [0.717, 1.165) is 25.7 Å². The van der Waals surface area contributed by atoms with Crippen LogP contribution in [-0.4, -0.2) is 11.0 Å². The lowest BCUT2D eigenvalue weighted by atomic mass is 9.81. The molecule has 0 aromatic heterocycles. The lowest BCUT2D eigenvalue weighted by molar-refractivity contribution is -0.536. The van der Waals surface area contributed by atoms with Crippen molar-refractivity contribution < 1.29 is 4.92 Å². The van der Waals surface area contributed by atoms with Crippen molar-refractivity contribution in [3.63, 3.8) is 0 Å². The molecule has 0 heterocycles. The van der Waals surface area contributed by atoms with E-state index in [-0.39, 0.29) is 11.0 Å². The molecule has 3 heteroatoms. The summed E-state index contributed by atoms with van der Waals surface area (Å²) < 4.78 is 0. The minimum atomic E-state index is -0.236. The Labute approximate surface area is 92.4 Å². The highest BCUT2D eigenvalue weighted by Crippen LogP contribution is 2.30. The topological polar surface area (TPSA) is 43.1 Å². The highest BCUT2D eigenvalue weighted by molar-refractivity contribution is 4.75. The maximum Gasteiger partial charge on any atom is 0.215 e. The van der Waals surface area contributed by atoms with Gasteiger partial charge in [0.15, 0.2) is 0 Å². The van der Waals surface area contributed by atoms with Gasteiger partial charge in [-0.2, -0.15) is 0 Å². The zero-order valence-electron chi connectivity index (χ0n) is 9.78. The first kappa shape index (κ1) is 12.5. The van der Waals surface area contributed by atoms with Gasteiger partial charge in [-0.15, -0.1) is 0 Å². The highest BCUT2D eigenvalue weighted by atomic mass is 16.6. The number of nitro groups is 1. The summed E-state index contributed by atoms with van der Waals surface area (Å²) in [5, 5.41) is 10.9. The summed E-state index contributed by atoms with van der Waals surface area (Å²) in [7, 11) is 0. The minimum Gasteiger partial charge on any atom is -0.264 e. The van der Waals surface area contributed by atoms with Crippen LogP contribution in [0.5, 0.6) is 0 Å². The molecule has 0 aromatic carbocycles. The van der Waals surface area contributed by atoms with E-state index in [0.29, 0.717) is 5.92 Å². The van der Waals surface area contributed by atoms with Crippen LogP contribution in [0.15, 0.2) is 0 Å². The largest absolute Gasteiger partial charge is 0.264 e. The third-order valence-electron chi connectivity index (χ3n) is 3.57. The molecule has 0 aromatic rings. The van der Waals surface area contributed by atoms with Gasteiger partial charge in [-0.3, -0.25) is 10.1 Å². The first-order chi connectivity index (χ1) is 7.25. The van der Waals surface area contributed by atoms with E-state index in [1.54, 1.807) is 0 Å². The average molecular weight is 213 g/mol. The van der Waals surface area contributed by atoms with Crippen molar-refractivity contribution in [1.82, 2.24) is 0 Å². The molecule has 1 saturated carbocycles. The van der Waals surface area contributed by atoms with Gasteiger partial charge in [0.05, 0.1) is 0 Å². The Morgan fingerprint density at radius 2 is 1.93 bits per heavy atom. The van der Waals surface area contributed by atoms with E-state index < -0.39 is 0 Å². The Morgan fingerprint density at radius 3 is 2.60 bits per heavy atom. The van der Waals surface area contributed by atoms with Crippen LogP contribution in [0.25, 0.3) is 0 Å². The molecule has 1 rings (SSSR count). The van der Waals surface area contributed by atoms with Crippen LogP contribution in [0.2, 0.25) is 0 Å². The van der Waals surface area contributed by atoms with Gasteiger partial charge in [-0.05, 0) is 19.3 Å². The van der Waals surface area contributed by atoms with Crippen LogP contribution >= 0.6 is 0 Å². The molecule has 0 bridgehead atoms. The van der Waals surface area contributed by atoms with Crippen LogP contribution in [-0.2, 0) is 0 Å². The molecule has 2 atom stereocenters. The fourth-order valence-electron chi connectivity index (χ4n) is 2.64. The van der Waals surface area contributed by atoms with Crippen molar-refractivity contribution in [3.8, 4) is 0 Å². The molecule has 15 heavy (non-hydrogen) atoms. The Morgan fingerprint density at radius 1 is 1.20 bits per heavy atom. The van der Waals surface area contributed by atoms with Gasteiger partial charge >= 0.3 is 0 Å². The van der Waals surface area contributed by atoms with Crippen molar-refractivity contribution in [2.24, 2.45) is 5.92 Å². The molecule has 0 spiro atoms. The number of rotatable bonds is 6. The van der Waals surface area contributed by atoms with Gasteiger partial charge in [0.1, 0.15) is 0 Å². The Bertz CT molecular complexity index is 194. The van der Waals surface area contributed by atoms with Crippen molar-refractivity contribution in [2.45, 2.75) is 70.8 Å². The lowest BCUT2D eigenvalue weighted by Gasteiger charge is -2.25. The average Bonchev–Trinajstić information content (AvgIpc) is 2.25. The highest BCUT2D eigenvalue weighted by Gasteiger charge is 2.33. The van der Waals surface area contributed by atoms with Gasteiger partial charge in [0.25, 0.3) is 0 Å². The fraction of sp³-hybridized carbons (Fsp3) is 1.00. The zero-order chi connectivity index (χ0) is 11.1. The van der Waals surface area contributed by atoms with Gasteiger partial charge < -0.3 is 0 Å². The van der Waals surface area contributed by atoms with E-state index in [2.05, 4.69) is 6.92 Å². The quantitative estimate of drug-likeness (QED) is 0.382. The molecule has 1 aliphatic carbocycles. The molecule has 1 aliphatic rings. The van der Waals surface area contributed by atoms with Gasteiger partial charge in [-0.1, -0.05) is 39.0 Å².